The van der Waals surface area contributed by atoms with E-state index in [-0.39, 0.29) is 17.0 Å². The minimum absolute atomic E-state index is 0.0401. The number of ether oxygens (including phenoxy) is 1. The molecule has 0 spiro atoms. The molecule has 4 nitrogen and oxygen atoms in total. The zero-order valence-electron chi connectivity index (χ0n) is 14.9. The van der Waals surface area contributed by atoms with Crippen LogP contribution in [0.5, 0.6) is 0 Å². The normalized spacial score (nSPS) is 30.8. The molecule has 1 N–H and O–H groups in total. The molecule has 2 aliphatic heterocycles. The molecule has 130 valence electrons. The largest absolute Gasteiger partial charge is 0.375 e. The van der Waals surface area contributed by atoms with Crippen LogP contribution in [-0.2, 0) is 4.74 Å². The van der Waals surface area contributed by atoms with E-state index in [0.717, 1.165) is 53.6 Å². The molecule has 1 aromatic carbocycles. The summed E-state index contributed by atoms with van der Waals surface area (Å²) in [4.78, 5) is 18.0. The Morgan fingerprint density at radius 3 is 2.80 bits per heavy atom. The Morgan fingerprint density at radius 1 is 1.28 bits per heavy atom. The molecule has 1 aromatic heterocycles. The number of hydrogen-bond donors (Lipinski definition) is 1. The van der Waals surface area contributed by atoms with Gasteiger partial charge in [-0.25, -0.2) is 0 Å². The summed E-state index contributed by atoms with van der Waals surface area (Å²) < 4.78 is 5.83. The van der Waals surface area contributed by atoms with Crippen LogP contribution in [0.4, 0.5) is 0 Å². The number of carbonyl (C=O) groups excluding carboxylic acids is 1. The minimum Gasteiger partial charge on any atom is -0.375 e. The molecular formula is C21H24N2O2. The minimum atomic E-state index is -0.0801. The van der Waals surface area contributed by atoms with Gasteiger partial charge >= 0.3 is 0 Å². The first kappa shape index (κ1) is 15.3. The summed E-state index contributed by atoms with van der Waals surface area (Å²) >= 11 is 0. The van der Waals surface area contributed by atoms with Crippen molar-refractivity contribution < 1.29 is 9.53 Å². The SMILES string of the molecule is Cc1ccc2nc(C3CC3)cc(C(=O)NC34CCOC(C)(C3)C4)c2c1. The third-order valence-electron chi connectivity index (χ3n) is 6.06. The van der Waals surface area contributed by atoms with Gasteiger partial charge < -0.3 is 10.1 Å². The van der Waals surface area contributed by atoms with Crippen molar-refractivity contribution in [2.75, 3.05) is 6.61 Å². The van der Waals surface area contributed by atoms with E-state index in [0.29, 0.717) is 5.92 Å². The van der Waals surface area contributed by atoms with Crippen LogP contribution in [0.25, 0.3) is 10.9 Å². The van der Waals surface area contributed by atoms with Crippen molar-refractivity contribution in [1.29, 1.82) is 0 Å². The van der Waals surface area contributed by atoms with Gasteiger partial charge in [0.05, 0.1) is 16.7 Å². The number of rotatable bonds is 3. The van der Waals surface area contributed by atoms with E-state index in [4.69, 9.17) is 9.72 Å². The van der Waals surface area contributed by atoms with E-state index < -0.39 is 0 Å². The van der Waals surface area contributed by atoms with Gasteiger partial charge in [0.1, 0.15) is 0 Å². The quantitative estimate of drug-likeness (QED) is 0.926. The molecule has 6 rings (SSSR count). The van der Waals surface area contributed by atoms with Gasteiger partial charge in [-0.2, -0.15) is 0 Å². The van der Waals surface area contributed by atoms with E-state index in [1.54, 1.807) is 0 Å². The number of nitrogens with one attached hydrogen (secondary N) is 1. The predicted molar refractivity (Wildman–Crippen MR) is 96.9 cm³/mol. The Morgan fingerprint density at radius 2 is 2.08 bits per heavy atom. The van der Waals surface area contributed by atoms with Gasteiger partial charge in [0, 0.05) is 29.1 Å². The van der Waals surface area contributed by atoms with Crippen LogP contribution in [0, 0.1) is 6.92 Å². The lowest BCUT2D eigenvalue weighted by Crippen LogP contribution is -2.68. The zero-order chi connectivity index (χ0) is 17.2. The number of hydrogen-bond acceptors (Lipinski definition) is 3. The van der Waals surface area contributed by atoms with Crippen molar-refractivity contribution in [3.63, 3.8) is 0 Å². The van der Waals surface area contributed by atoms with E-state index in [2.05, 4.69) is 31.3 Å². The number of carbonyl (C=O) groups is 1. The fourth-order valence-electron chi connectivity index (χ4n) is 4.75. The summed E-state index contributed by atoms with van der Waals surface area (Å²) in [5, 5.41) is 4.32. The smallest absolute Gasteiger partial charge is 0.252 e. The topological polar surface area (TPSA) is 51.2 Å². The Kier molecular flexibility index (Phi) is 3.09. The lowest BCUT2D eigenvalue weighted by molar-refractivity contribution is -0.183. The molecule has 2 bridgehead atoms. The molecule has 0 unspecified atom stereocenters. The van der Waals surface area contributed by atoms with Crippen LogP contribution >= 0.6 is 0 Å². The highest BCUT2D eigenvalue weighted by molar-refractivity contribution is 6.06. The fraction of sp³-hybridized carbons (Fsp3) is 0.524. The number of nitrogens with zero attached hydrogens (tertiary/aromatic N) is 1. The molecule has 2 saturated carbocycles. The average molecular weight is 336 g/mol. The molecule has 4 heteroatoms. The molecule has 25 heavy (non-hydrogen) atoms. The van der Waals surface area contributed by atoms with Gasteiger partial charge in [0.2, 0.25) is 0 Å². The maximum Gasteiger partial charge on any atom is 0.252 e. The first-order valence-electron chi connectivity index (χ1n) is 9.33. The first-order chi connectivity index (χ1) is 12.0. The molecule has 2 aliphatic carbocycles. The van der Waals surface area contributed by atoms with Gasteiger partial charge in [0.25, 0.3) is 5.91 Å². The first-order valence-corrected chi connectivity index (χ1v) is 9.33. The maximum absolute atomic E-state index is 13.2. The Labute approximate surface area is 148 Å². The standard InChI is InChI=1S/C21H24N2O2/c1-13-3-6-17-15(9-13)16(10-18(22-17)14-4-5-14)19(24)23-21-7-8-25-20(2,11-21)12-21/h3,6,9-10,14H,4-5,7-8,11-12H2,1-2H3,(H,23,24). The van der Waals surface area contributed by atoms with Crippen molar-refractivity contribution in [2.24, 2.45) is 0 Å². The number of aryl methyl sites for hydroxylation is 1. The van der Waals surface area contributed by atoms with E-state index in [9.17, 15) is 4.79 Å². The third-order valence-corrected chi connectivity index (χ3v) is 6.06. The van der Waals surface area contributed by atoms with Gasteiger partial charge in [0.15, 0.2) is 0 Å². The molecule has 2 saturated heterocycles. The highest BCUT2D eigenvalue weighted by Gasteiger charge is 2.56. The second-order valence-corrected chi connectivity index (χ2v) is 8.53. The number of fused-ring (bicyclic) bond motifs is 3. The number of aromatic nitrogens is 1. The summed E-state index contributed by atoms with van der Waals surface area (Å²) in [6.45, 7) is 4.94. The average Bonchev–Trinajstić information content (AvgIpc) is 3.37. The van der Waals surface area contributed by atoms with Crippen molar-refractivity contribution in [1.82, 2.24) is 10.3 Å². The van der Waals surface area contributed by atoms with Crippen LogP contribution in [0.15, 0.2) is 24.3 Å². The van der Waals surface area contributed by atoms with Crippen LogP contribution in [-0.4, -0.2) is 28.6 Å². The summed E-state index contributed by atoms with van der Waals surface area (Å²) in [5.74, 6) is 0.578. The summed E-state index contributed by atoms with van der Waals surface area (Å²) in [7, 11) is 0. The molecule has 4 fully saturated rings. The second kappa shape index (κ2) is 5.04. The van der Waals surface area contributed by atoms with Crippen LogP contribution in [0.3, 0.4) is 0 Å². The monoisotopic (exact) mass is 336 g/mol. The van der Waals surface area contributed by atoms with E-state index in [1.165, 1.54) is 12.8 Å². The Bertz CT molecular complexity index is 879. The number of benzene rings is 1. The second-order valence-electron chi connectivity index (χ2n) is 8.53. The van der Waals surface area contributed by atoms with E-state index >= 15 is 0 Å². The van der Waals surface area contributed by atoms with Crippen molar-refractivity contribution in [3.8, 4) is 0 Å². The predicted octanol–water partition coefficient (Wildman–Crippen LogP) is 3.86. The molecular weight excluding hydrogens is 312 g/mol. The van der Waals surface area contributed by atoms with Crippen LogP contribution in [0.2, 0.25) is 0 Å². The lowest BCUT2D eigenvalue weighted by Gasteiger charge is -2.58. The lowest BCUT2D eigenvalue weighted by atomic mass is 9.62. The van der Waals surface area contributed by atoms with Gasteiger partial charge in [-0.3, -0.25) is 9.78 Å². The van der Waals surface area contributed by atoms with Crippen molar-refractivity contribution in [2.45, 2.75) is 63.0 Å². The highest BCUT2D eigenvalue weighted by Crippen LogP contribution is 2.50. The van der Waals surface area contributed by atoms with Crippen molar-refractivity contribution in [3.05, 3.63) is 41.1 Å². The Hall–Kier alpha value is -1.94. The summed E-state index contributed by atoms with van der Waals surface area (Å²) in [6.07, 6.45) is 5.12. The molecule has 1 amide bonds. The molecule has 4 aliphatic rings. The Balaban J connectivity index is 1.52. The van der Waals surface area contributed by atoms with Gasteiger partial charge in [-0.15, -0.1) is 0 Å². The van der Waals surface area contributed by atoms with Crippen LogP contribution in [0.1, 0.15) is 66.6 Å². The molecule has 2 aromatic rings. The van der Waals surface area contributed by atoms with Gasteiger partial charge in [-0.05, 0) is 64.2 Å². The highest BCUT2D eigenvalue weighted by atomic mass is 16.5. The molecule has 0 atom stereocenters. The third kappa shape index (κ3) is 2.54. The number of amides is 1. The zero-order valence-corrected chi connectivity index (χ0v) is 14.9. The fourth-order valence-corrected chi connectivity index (χ4v) is 4.75. The van der Waals surface area contributed by atoms with Crippen molar-refractivity contribution >= 4 is 16.8 Å². The summed E-state index contributed by atoms with van der Waals surface area (Å²) in [5.41, 5.74) is 3.82. The molecule has 3 heterocycles. The number of pyridine rings is 1. The van der Waals surface area contributed by atoms with E-state index in [1.807, 2.05) is 12.1 Å². The summed E-state index contributed by atoms with van der Waals surface area (Å²) in [6, 6.07) is 8.23. The molecule has 0 radical (unpaired) electrons. The maximum atomic E-state index is 13.2. The van der Waals surface area contributed by atoms with Gasteiger partial charge in [-0.1, -0.05) is 11.6 Å². The van der Waals surface area contributed by atoms with Crippen LogP contribution < -0.4 is 5.32 Å².